The van der Waals surface area contributed by atoms with Crippen LogP contribution < -0.4 is 0 Å². The zero-order chi connectivity index (χ0) is 13.0. The highest BCUT2D eigenvalue weighted by Gasteiger charge is 2.23. The lowest BCUT2D eigenvalue weighted by Gasteiger charge is -2.08. The first-order chi connectivity index (χ1) is 7.97. The Bertz CT molecular complexity index is 472. The maximum absolute atomic E-state index is 10.8. The highest BCUT2D eigenvalue weighted by Crippen LogP contribution is 2.30. The Hall–Kier alpha value is -2.28. The van der Waals surface area contributed by atoms with E-state index in [1.165, 1.54) is 12.1 Å². The molecule has 0 spiro atoms. The Kier molecular flexibility index (Phi) is 3.89. The average molecular weight is 238 g/mol. The van der Waals surface area contributed by atoms with Crippen LogP contribution in [0, 0.1) is 20.2 Å². The van der Waals surface area contributed by atoms with Crippen molar-refractivity contribution in [2.75, 3.05) is 0 Å². The summed E-state index contributed by atoms with van der Waals surface area (Å²) in [6.45, 7) is 3.41. The molecule has 17 heavy (non-hydrogen) atoms. The minimum absolute atomic E-state index is 0.0421. The van der Waals surface area contributed by atoms with E-state index in [0.717, 1.165) is 12.1 Å². The predicted octanol–water partition coefficient (Wildman–Crippen LogP) is 2.11. The fraction of sp³-hybridized carbons (Fsp3) is 0.200. The van der Waals surface area contributed by atoms with Gasteiger partial charge < -0.3 is 5.11 Å². The molecule has 0 aliphatic carbocycles. The standard InChI is InChI=1S/C10H10N2O5/c1-2-3-10(13)8-5-4-7(11(14)15)6-9(8)12(16)17/h2,4-6,10,13H,1,3H2. The minimum Gasteiger partial charge on any atom is -0.388 e. The third kappa shape index (κ3) is 2.85. The molecular formula is C10H10N2O5. The van der Waals surface area contributed by atoms with Crippen molar-refractivity contribution in [2.45, 2.75) is 12.5 Å². The lowest BCUT2D eigenvalue weighted by atomic mass is 10.0. The van der Waals surface area contributed by atoms with Crippen molar-refractivity contribution < 1.29 is 15.0 Å². The number of nitro benzene ring substituents is 2. The molecule has 1 atom stereocenters. The molecule has 1 rings (SSSR count). The van der Waals surface area contributed by atoms with E-state index < -0.39 is 21.6 Å². The van der Waals surface area contributed by atoms with E-state index in [2.05, 4.69) is 6.58 Å². The van der Waals surface area contributed by atoms with Gasteiger partial charge in [-0.3, -0.25) is 20.2 Å². The van der Waals surface area contributed by atoms with Gasteiger partial charge >= 0.3 is 0 Å². The number of hydrogen-bond acceptors (Lipinski definition) is 5. The summed E-state index contributed by atoms with van der Waals surface area (Å²) in [5, 5.41) is 30.9. The molecule has 1 aromatic carbocycles. The Balaban J connectivity index is 3.26. The van der Waals surface area contributed by atoms with Gasteiger partial charge in [-0.05, 0) is 12.5 Å². The van der Waals surface area contributed by atoms with Crippen molar-refractivity contribution in [2.24, 2.45) is 0 Å². The molecule has 0 saturated carbocycles. The number of nitro groups is 2. The molecule has 0 amide bonds. The van der Waals surface area contributed by atoms with Gasteiger partial charge in [-0.25, -0.2) is 0 Å². The Labute approximate surface area is 96.3 Å². The molecule has 1 unspecified atom stereocenters. The van der Waals surface area contributed by atoms with Crippen LogP contribution in [0.15, 0.2) is 30.9 Å². The van der Waals surface area contributed by atoms with Gasteiger partial charge in [-0.1, -0.05) is 6.08 Å². The molecule has 90 valence electrons. The first-order valence-corrected chi connectivity index (χ1v) is 4.69. The fourth-order valence-corrected chi connectivity index (χ4v) is 1.37. The summed E-state index contributed by atoms with van der Waals surface area (Å²) in [7, 11) is 0. The third-order valence-electron chi connectivity index (χ3n) is 2.17. The van der Waals surface area contributed by atoms with Gasteiger partial charge in [0.25, 0.3) is 11.4 Å². The number of benzene rings is 1. The van der Waals surface area contributed by atoms with Crippen LogP contribution in [0.4, 0.5) is 11.4 Å². The second-order valence-corrected chi connectivity index (χ2v) is 3.30. The van der Waals surface area contributed by atoms with Gasteiger partial charge in [0.05, 0.1) is 27.6 Å². The van der Waals surface area contributed by atoms with Crippen LogP contribution in [0.25, 0.3) is 0 Å². The molecule has 7 nitrogen and oxygen atoms in total. The zero-order valence-corrected chi connectivity index (χ0v) is 8.78. The van der Waals surface area contributed by atoms with Crippen LogP contribution in [0.3, 0.4) is 0 Å². The fourth-order valence-electron chi connectivity index (χ4n) is 1.37. The number of hydrogen-bond donors (Lipinski definition) is 1. The predicted molar refractivity (Wildman–Crippen MR) is 59.5 cm³/mol. The van der Waals surface area contributed by atoms with Gasteiger partial charge in [-0.15, -0.1) is 6.58 Å². The molecule has 1 aromatic rings. The van der Waals surface area contributed by atoms with Gasteiger partial charge in [0.15, 0.2) is 0 Å². The van der Waals surface area contributed by atoms with Gasteiger partial charge in [0, 0.05) is 6.07 Å². The Morgan fingerprint density at radius 1 is 1.35 bits per heavy atom. The second-order valence-electron chi connectivity index (χ2n) is 3.30. The molecule has 1 N–H and O–H groups in total. The van der Waals surface area contributed by atoms with Crippen molar-refractivity contribution in [1.82, 2.24) is 0 Å². The first-order valence-electron chi connectivity index (χ1n) is 4.69. The topological polar surface area (TPSA) is 107 Å². The third-order valence-corrected chi connectivity index (χ3v) is 2.17. The van der Waals surface area contributed by atoms with E-state index in [1.54, 1.807) is 0 Å². The summed E-state index contributed by atoms with van der Waals surface area (Å²) >= 11 is 0. The molecule has 0 bridgehead atoms. The lowest BCUT2D eigenvalue weighted by molar-refractivity contribution is -0.394. The van der Waals surface area contributed by atoms with Crippen molar-refractivity contribution in [3.8, 4) is 0 Å². The van der Waals surface area contributed by atoms with E-state index in [1.807, 2.05) is 0 Å². The maximum atomic E-state index is 10.8. The van der Waals surface area contributed by atoms with Gasteiger partial charge in [-0.2, -0.15) is 0 Å². The number of non-ortho nitro benzene ring substituents is 1. The molecule has 7 heteroatoms. The van der Waals surface area contributed by atoms with Gasteiger partial charge in [0.2, 0.25) is 0 Å². The molecule has 0 radical (unpaired) electrons. The quantitative estimate of drug-likeness (QED) is 0.480. The first kappa shape index (κ1) is 12.8. The van der Waals surface area contributed by atoms with Crippen molar-refractivity contribution in [1.29, 1.82) is 0 Å². The maximum Gasteiger partial charge on any atom is 0.282 e. The van der Waals surface area contributed by atoms with E-state index >= 15 is 0 Å². The molecule has 0 fully saturated rings. The van der Waals surface area contributed by atoms with E-state index in [-0.39, 0.29) is 17.7 Å². The summed E-state index contributed by atoms with van der Waals surface area (Å²) in [5.74, 6) is 0. The van der Waals surface area contributed by atoms with Crippen molar-refractivity contribution in [3.05, 3.63) is 56.6 Å². The van der Waals surface area contributed by atoms with Crippen LogP contribution in [0.5, 0.6) is 0 Å². The molecule has 0 aromatic heterocycles. The van der Waals surface area contributed by atoms with Crippen LogP contribution in [0.1, 0.15) is 18.1 Å². The van der Waals surface area contributed by atoms with Crippen LogP contribution in [-0.2, 0) is 0 Å². The Morgan fingerprint density at radius 3 is 2.47 bits per heavy atom. The van der Waals surface area contributed by atoms with Crippen molar-refractivity contribution in [3.63, 3.8) is 0 Å². The highest BCUT2D eigenvalue weighted by atomic mass is 16.6. The summed E-state index contributed by atoms with van der Waals surface area (Å²) in [6, 6.07) is 3.14. The second kappa shape index (κ2) is 5.17. The number of rotatable bonds is 5. The van der Waals surface area contributed by atoms with Crippen molar-refractivity contribution >= 4 is 11.4 Å². The number of aliphatic hydroxyl groups is 1. The van der Waals surface area contributed by atoms with Crippen LogP contribution in [0.2, 0.25) is 0 Å². The molecule has 0 aliphatic heterocycles. The number of aliphatic hydroxyl groups excluding tert-OH is 1. The Morgan fingerprint density at radius 2 is 2.00 bits per heavy atom. The van der Waals surface area contributed by atoms with Crippen LogP contribution >= 0.6 is 0 Å². The smallest absolute Gasteiger partial charge is 0.282 e. The molecule has 0 saturated heterocycles. The SMILES string of the molecule is C=CCC(O)c1ccc([N+](=O)[O-])cc1[N+](=O)[O-]. The van der Waals surface area contributed by atoms with E-state index in [4.69, 9.17) is 0 Å². The zero-order valence-electron chi connectivity index (χ0n) is 8.78. The summed E-state index contributed by atoms with van der Waals surface area (Å²) in [4.78, 5) is 19.8. The van der Waals surface area contributed by atoms with E-state index in [0.29, 0.717) is 0 Å². The van der Waals surface area contributed by atoms with E-state index in [9.17, 15) is 25.3 Å². The number of nitrogens with zero attached hydrogens (tertiary/aromatic N) is 2. The van der Waals surface area contributed by atoms with Gasteiger partial charge in [0.1, 0.15) is 0 Å². The largest absolute Gasteiger partial charge is 0.388 e. The normalized spacial score (nSPS) is 11.8. The molecular weight excluding hydrogens is 228 g/mol. The minimum atomic E-state index is -1.09. The average Bonchev–Trinajstić information content (AvgIpc) is 2.28. The highest BCUT2D eigenvalue weighted by molar-refractivity contribution is 5.50. The molecule has 0 heterocycles. The summed E-state index contributed by atoms with van der Waals surface area (Å²) in [5.41, 5.74) is -0.805. The van der Waals surface area contributed by atoms with Crippen LogP contribution in [-0.4, -0.2) is 15.0 Å². The molecule has 0 aliphatic rings. The monoisotopic (exact) mass is 238 g/mol. The summed E-state index contributed by atoms with van der Waals surface area (Å²) in [6.07, 6.45) is 0.461. The lowest BCUT2D eigenvalue weighted by Crippen LogP contribution is -2.02. The summed E-state index contributed by atoms with van der Waals surface area (Å²) < 4.78 is 0.